The SMILES string of the molecule is COc1cc(C2=N/C(=C/c3ccc([N+](=O)[O-])cc3)C(=O)O2)cc(OC)c1OC. The van der Waals surface area contributed by atoms with Crippen molar-refractivity contribution < 1.29 is 28.7 Å². The number of carbonyl (C=O) groups excluding carboxylic acids is 1. The molecule has 0 fully saturated rings. The summed E-state index contributed by atoms with van der Waals surface area (Å²) in [6.45, 7) is 0. The molecular formula is C19H16N2O7. The summed E-state index contributed by atoms with van der Waals surface area (Å²) < 4.78 is 21.1. The topological polar surface area (TPSA) is 109 Å². The molecular weight excluding hydrogens is 368 g/mol. The zero-order valence-electron chi connectivity index (χ0n) is 15.3. The van der Waals surface area contributed by atoms with Gasteiger partial charge in [0.15, 0.2) is 17.2 Å². The molecule has 0 aromatic heterocycles. The highest BCUT2D eigenvalue weighted by molar-refractivity contribution is 6.13. The van der Waals surface area contributed by atoms with Gasteiger partial charge in [0.1, 0.15) is 0 Å². The van der Waals surface area contributed by atoms with Gasteiger partial charge in [-0.3, -0.25) is 10.1 Å². The number of nitrogens with zero attached hydrogens (tertiary/aromatic N) is 2. The van der Waals surface area contributed by atoms with Crippen LogP contribution in [0.25, 0.3) is 6.08 Å². The Morgan fingerprint density at radius 1 is 1.04 bits per heavy atom. The molecule has 0 N–H and O–H groups in total. The van der Waals surface area contributed by atoms with Crippen molar-refractivity contribution in [3.8, 4) is 17.2 Å². The maximum absolute atomic E-state index is 12.2. The van der Waals surface area contributed by atoms with Gasteiger partial charge in [0.2, 0.25) is 11.6 Å². The van der Waals surface area contributed by atoms with Gasteiger partial charge < -0.3 is 18.9 Å². The number of nitro groups is 1. The van der Waals surface area contributed by atoms with Gasteiger partial charge in [-0.1, -0.05) is 0 Å². The maximum atomic E-state index is 12.2. The van der Waals surface area contributed by atoms with Crippen molar-refractivity contribution in [3.63, 3.8) is 0 Å². The lowest BCUT2D eigenvalue weighted by molar-refractivity contribution is -0.384. The van der Waals surface area contributed by atoms with E-state index in [2.05, 4.69) is 4.99 Å². The molecule has 0 amide bonds. The third kappa shape index (κ3) is 3.63. The molecule has 2 aromatic carbocycles. The van der Waals surface area contributed by atoms with Crippen LogP contribution in [0.5, 0.6) is 17.2 Å². The molecule has 0 unspecified atom stereocenters. The van der Waals surface area contributed by atoms with Crippen LogP contribution in [-0.4, -0.2) is 38.1 Å². The second-order valence-electron chi connectivity index (χ2n) is 5.60. The lowest BCUT2D eigenvalue weighted by Crippen LogP contribution is -2.06. The number of carbonyl (C=O) groups is 1. The molecule has 0 radical (unpaired) electrons. The molecule has 28 heavy (non-hydrogen) atoms. The Morgan fingerprint density at radius 2 is 1.64 bits per heavy atom. The molecule has 0 bridgehead atoms. The molecule has 0 spiro atoms. The van der Waals surface area contributed by atoms with Crippen LogP contribution in [0, 0.1) is 10.1 Å². The van der Waals surface area contributed by atoms with E-state index in [9.17, 15) is 14.9 Å². The number of ether oxygens (including phenoxy) is 4. The molecule has 1 aliphatic heterocycles. The van der Waals surface area contributed by atoms with E-state index in [0.29, 0.717) is 28.4 Å². The number of esters is 1. The third-order valence-electron chi connectivity index (χ3n) is 3.94. The predicted molar refractivity (Wildman–Crippen MR) is 99.8 cm³/mol. The normalized spacial score (nSPS) is 14.5. The van der Waals surface area contributed by atoms with E-state index < -0.39 is 10.9 Å². The molecule has 0 atom stereocenters. The van der Waals surface area contributed by atoms with Crippen LogP contribution in [0.15, 0.2) is 47.1 Å². The van der Waals surface area contributed by atoms with Crippen LogP contribution in [0.3, 0.4) is 0 Å². The first-order valence-electron chi connectivity index (χ1n) is 8.04. The highest BCUT2D eigenvalue weighted by atomic mass is 16.6. The highest BCUT2D eigenvalue weighted by Crippen LogP contribution is 2.39. The first kappa shape index (κ1) is 18.9. The summed E-state index contributed by atoms with van der Waals surface area (Å²) in [6.07, 6.45) is 1.48. The van der Waals surface area contributed by atoms with Gasteiger partial charge in [-0.15, -0.1) is 0 Å². The Kier molecular flexibility index (Phi) is 5.25. The Morgan fingerprint density at radius 3 is 2.14 bits per heavy atom. The molecule has 2 aromatic rings. The summed E-state index contributed by atoms with van der Waals surface area (Å²) in [6, 6.07) is 8.95. The first-order valence-corrected chi connectivity index (χ1v) is 8.04. The van der Waals surface area contributed by atoms with Crippen LogP contribution in [-0.2, 0) is 9.53 Å². The molecule has 3 rings (SSSR count). The van der Waals surface area contributed by atoms with Crippen molar-refractivity contribution in [3.05, 3.63) is 63.3 Å². The van der Waals surface area contributed by atoms with Gasteiger partial charge in [0.25, 0.3) is 5.69 Å². The van der Waals surface area contributed by atoms with Crippen LogP contribution in [0.4, 0.5) is 5.69 Å². The minimum absolute atomic E-state index is 0.0437. The number of rotatable bonds is 6. The molecule has 1 heterocycles. The van der Waals surface area contributed by atoms with E-state index in [4.69, 9.17) is 18.9 Å². The van der Waals surface area contributed by atoms with Gasteiger partial charge in [-0.25, -0.2) is 9.79 Å². The second kappa shape index (κ2) is 7.78. The van der Waals surface area contributed by atoms with Gasteiger partial charge in [0.05, 0.1) is 26.3 Å². The third-order valence-corrected chi connectivity index (χ3v) is 3.94. The van der Waals surface area contributed by atoms with Gasteiger partial charge in [-0.05, 0) is 35.9 Å². The van der Waals surface area contributed by atoms with Gasteiger partial charge >= 0.3 is 5.97 Å². The minimum Gasteiger partial charge on any atom is -0.493 e. The number of benzene rings is 2. The largest absolute Gasteiger partial charge is 0.493 e. The van der Waals surface area contributed by atoms with Gasteiger partial charge in [-0.2, -0.15) is 0 Å². The van der Waals surface area contributed by atoms with Gasteiger partial charge in [0, 0.05) is 17.7 Å². The van der Waals surface area contributed by atoms with E-state index in [-0.39, 0.29) is 17.3 Å². The summed E-state index contributed by atoms with van der Waals surface area (Å²) >= 11 is 0. The average molecular weight is 384 g/mol. The summed E-state index contributed by atoms with van der Waals surface area (Å²) in [5, 5.41) is 10.7. The number of cyclic esters (lactones) is 1. The number of methoxy groups -OCH3 is 3. The fourth-order valence-corrected chi connectivity index (χ4v) is 2.59. The standard InChI is InChI=1S/C19H16N2O7/c1-25-15-9-12(10-16(26-2)17(15)27-3)18-20-14(19(22)28-18)8-11-4-6-13(7-5-11)21(23)24/h4-10H,1-3H3/b14-8+. The predicted octanol–water partition coefficient (Wildman–Crippen LogP) is 2.97. The zero-order chi connectivity index (χ0) is 20.3. The Bertz CT molecular complexity index is 969. The molecule has 9 nitrogen and oxygen atoms in total. The smallest absolute Gasteiger partial charge is 0.363 e. The zero-order valence-corrected chi connectivity index (χ0v) is 15.3. The van der Waals surface area contributed by atoms with Crippen molar-refractivity contribution in [1.82, 2.24) is 0 Å². The Labute approximate surface area is 160 Å². The average Bonchev–Trinajstić information content (AvgIpc) is 3.07. The maximum Gasteiger partial charge on any atom is 0.363 e. The van der Waals surface area contributed by atoms with E-state index in [1.807, 2.05) is 0 Å². The monoisotopic (exact) mass is 384 g/mol. The lowest BCUT2D eigenvalue weighted by Gasteiger charge is -2.13. The first-order chi connectivity index (χ1) is 13.5. The summed E-state index contributed by atoms with van der Waals surface area (Å²) in [7, 11) is 4.44. The number of hydrogen-bond donors (Lipinski definition) is 0. The number of nitro benzene ring substituents is 1. The molecule has 1 aliphatic rings. The lowest BCUT2D eigenvalue weighted by atomic mass is 10.1. The van der Waals surface area contributed by atoms with Crippen LogP contribution >= 0.6 is 0 Å². The minimum atomic E-state index is -0.637. The van der Waals surface area contributed by atoms with Crippen molar-refractivity contribution in [2.75, 3.05) is 21.3 Å². The molecule has 144 valence electrons. The summed E-state index contributed by atoms with van der Waals surface area (Å²) in [5.41, 5.74) is 1.07. The van der Waals surface area contributed by atoms with Crippen LogP contribution < -0.4 is 14.2 Å². The van der Waals surface area contributed by atoms with Crippen molar-refractivity contribution in [2.45, 2.75) is 0 Å². The summed E-state index contributed by atoms with van der Waals surface area (Å²) in [5.74, 6) is 0.631. The molecule has 0 saturated carbocycles. The molecule has 0 aliphatic carbocycles. The quantitative estimate of drug-likeness (QED) is 0.326. The van der Waals surface area contributed by atoms with E-state index in [1.54, 1.807) is 12.1 Å². The van der Waals surface area contributed by atoms with Crippen LogP contribution in [0.2, 0.25) is 0 Å². The highest BCUT2D eigenvalue weighted by Gasteiger charge is 2.26. The van der Waals surface area contributed by atoms with Crippen molar-refractivity contribution in [2.24, 2.45) is 4.99 Å². The fraction of sp³-hybridized carbons (Fsp3) is 0.158. The number of aliphatic imine (C=N–C) groups is 1. The molecule has 0 saturated heterocycles. The Balaban J connectivity index is 1.96. The fourth-order valence-electron chi connectivity index (χ4n) is 2.59. The van der Waals surface area contributed by atoms with Crippen molar-refractivity contribution in [1.29, 1.82) is 0 Å². The number of hydrogen-bond acceptors (Lipinski definition) is 8. The number of non-ortho nitro benzene ring substituents is 1. The second-order valence-corrected chi connectivity index (χ2v) is 5.60. The summed E-state index contributed by atoms with van der Waals surface area (Å²) in [4.78, 5) is 26.6. The van der Waals surface area contributed by atoms with E-state index in [1.165, 1.54) is 51.7 Å². The van der Waals surface area contributed by atoms with E-state index >= 15 is 0 Å². The van der Waals surface area contributed by atoms with E-state index in [0.717, 1.165) is 0 Å². The molecule has 9 heteroatoms. The Hall–Kier alpha value is -3.88. The van der Waals surface area contributed by atoms with Crippen molar-refractivity contribution >= 4 is 23.6 Å². The van der Waals surface area contributed by atoms with Crippen LogP contribution in [0.1, 0.15) is 11.1 Å².